The van der Waals surface area contributed by atoms with Crippen molar-refractivity contribution in [2.24, 2.45) is 23.7 Å². The van der Waals surface area contributed by atoms with Crippen LogP contribution < -0.4 is 0 Å². The van der Waals surface area contributed by atoms with E-state index in [1.165, 1.54) is 0 Å². The molecule has 11 heavy (non-hydrogen) atoms. The minimum atomic E-state index is -0.439. The zero-order chi connectivity index (χ0) is 8.17. The first-order valence-electron chi connectivity index (χ1n) is 4.49. The molecule has 0 heterocycles. The normalized spacial score (nSPS) is 62.2. The van der Waals surface area contributed by atoms with Crippen LogP contribution in [0.4, 0.5) is 0 Å². The predicted octanol–water partition coefficient (Wildman–Crippen LogP) is 0.630. The molecule has 0 saturated heterocycles. The summed E-state index contributed by atoms with van der Waals surface area (Å²) < 4.78 is 0. The number of aliphatic hydroxyl groups excluding tert-OH is 2. The fourth-order valence-electron chi connectivity index (χ4n) is 2.93. The Balaban J connectivity index is 2.21. The SMILES string of the molecule is C[C@@H]1[C@H](C)[C@H]2C[C@@H]1[C@H](O)[C@@H]2O. The summed E-state index contributed by atoms with van der Waals surface area (Å²) >= 11 is 0. The maximum atomic E-state index is 9.53. The molecule has 2 saturated carbocycles. The minimum absolute atomic E-state index is 0.366. The first-order valence-corrected chi connectivity index (χ1v) is 4.49. The van der Waals surface area contributed by atoms with Crippen LogP contribution in [0.1, 0.15) is 20.3 Å². The molecular weight excluding hydrogens is 140 g/mol. The summed E-state index contributed by atoms with van der Waals surface area (Å²) in [6.07, 6.45) is 0.155. The third-order valence-corrected chi connectivity index (χ3v) is 3.95. The zero-order valence-electron chi connectivity index (χ0n) is 7.07. The van der Waals surface area contributed by atoms with Gasteiger partial charge in [-0.2, -0.15) is 0 Å². The summed E-state index contributed by atoms with van der Waals surface area (Å²) in [6.45, 7) is 4.37. The molecular formula is C9H16O2. The largest absolute Gasteiger partial charge is 0.390 e. The summed E-state index contributed by atoms with van der Waals surface area (Å²) in [6, 6.07) is 0. The van der Waals surface area contributed by atoms with Crippen LogP contribution in [0.15, 0.2) is 0 Å². The van der Waals surface area contributed by atoms with Crippen LogP contribution in [0.5, 0.6) is 0 Å². The van der Waals surface area contributed by atoms with Crippen molar-refractivity contribution in [1.82, 2.24) is 0 Å². The van der Waals surface area contributed by atoms with Crippen LogP contribution in [0.25, 0.3) is 0 Å². The molecule has 0 aromatic rings. The van der Waals surface area contributed by atoms with Crippen LogP contribution >= 0.6 is 0 Å². The molecule has 2 aliphatic rings. The lowest BCUT2D eigenvalue weighted by Gasteiger charge is -2.32. The number of fused-ring (bicyclic) bond motifs is 2. The predicted molar refractivity (Wildman–Crippen MR) is 41.9 cm³/mol. The summed E-state index contributed by atoms with van der Waals surface area (Å²) in [5.74, 6) is 1.92. The second-order valence-corrected chi connectivity index (χ2v) is 4.26. The Bertz CT molecular complexity index is 135. The van der Waals surface area contributed by atoms with Crippen LogP contribution in [-0.2, 0) is 0 Å². The monoisotopic (exact) mass is 156 g/mol. The van der Waals surface area contributed by atoms with Gasteiger partial charge < -0.3 is 10.2 Å². The van der Waals surface area contributed by atoms with Crippen molar-refractivity contribution in [1.29, 1.82) is 0 Å². The minimum Gasteiger partial charge on any atom is -0.390 e. The van der Waals surface area contributed by atoms with Gasteiger partial charge in [-0.1, -0.05) is 13.8 Å². The van der Waals surface area contributed by atoms with E-state index in [0.717, 1.165) is 6.42 Å². The second kappa shape index (κ2) is 2.20. The van der Waals surface area contributed by atoms with E-state index in [2.05, 4.69) is 13.8 Å². The van der Waals surface area contributed by atoms with E-state index < -0.39 is 12.2 Å². The quantitative estimate of drug-likeness (QED) is 0.540. The maximum Gasteiger partial charge on any atom is 0.0832 e. The summed E-state index contributed by atoms with van der Waals surface area (Å²) in [5.41, 5.74) is 0. The van der Waals surface area contributed by atoms with Gasteiger partial charge in [0.05, 0.1) is 12.2 Å². The molecule has 0 aromatic carbocycles. The molecule has 0 aliphatic heterocycles. The van der Waals surface area contributed by atoms with Gasteiger partial charge >= 0.3 is 0 Å². The molecule has 2 fully saturated rings. The highest BCUT2D eigenvalue weighted by atomic mass is 16.3. The van der Waals surface area contributed by atoms with Gasteiger partial charge in [-0.25, -0.2) is 0 Å². The highest BCUT2D eigenvalue weighted by Gasteiger charge is 2.53. The Morgan fingerprint density at radius 3 is 1.55 bits per heavy atom. The molecule has 0 amide bonds. The maximum absolute atomic E-state index is 9.53. The molecule has 0 aromatic heterocycles. The van der Waals surface area contributed by atoms with Gasteiger partial charge in [0, 0.05) is 0 Å². The van der Waals surface area contributed by atoms with Gasteiger partial charge in [0.25, 0.3) is 0 Å². The van der Waals surface area contributed by atoms with E-state index in [1.807, 2.05) is 0 Å². The smallest absolute Gasteiger partial charge is 0.0832 e. The van der Waals surface area contributed by atoms with Crippen LogP contribution in [-0.4, -0.2) is 22.4 Å². The number of rotatable bonds is 0. The van der Waals surface area contributed by atoms with Gasteiger partial charge in [-0.3, -0.25) is 0 Å². The lowest BCUT2D eigenvalue weighted by Crippen LogP contribution is -2.39. The van der Waals surface area contributed by atoms with E-state index in [9.17, 15) is 10.2 Å². The molecule has 2 nitrogen and oxygen atoms in total. The molecule has 2 bridgehead atoms. The third kappa shape index (κ3) is 0.798. The Labute approximate surface area is 67.2 Å². The highest BCUT2D eigenvalue weighted by Crippen LogP contribution is 2.51. The van der Waals surface area contributed by atoms with Gasteiger partial charge in [0.2, 0.25) is 0 Å². The van der Waals surface area contributed by atoms with Gasteiger partial charge in [0.1, 0.15) is 0 Å². The molecule has 0 unspecified atom stereocenters. The number of hydrogen-bond acceptors (Lipinski definition) is 2. The van der Waals surface area contributed by atoms with Crippen molar-refractivity contribution in [2.45, 2.75) is 32.5 Å². The Morgan fingerprint density at radius 2 is 1.27 bits per heavy atom. The van der Waals surface area contributed by atoms with Crippen molar-refractivity contribution < 1.29 is 10.2 Å². The van der Waals surface area contributed by atoms with Crippen LogP contribution in [0, 0.1) is 23.7 Å². The first kappa shape index (κ1) is 7.56. The van der Waals surface area contributed by atoms with Crippen molar-refractivity contribution in [3.05, 3.63) is 0 Å². The van der Waals surface area contributed by atoms with Gasteiger partial charge in [0.15, 0.2) is 0 Å². The molecule has 2 rings (SSSR count). The Morgan fingerprint density at radius 1 is 0.909 bits per heavy atom. The fraction of sp³-hybridized carbons (Fsp3) is 1.00. The Hall–Kier alpha value is -0.0800. The van der Waals surface area contributed by atoms with E-state index >= 15 is 0 Å². The van der Waals surface area contributed by atoms with E-state index in [1.54, 1.807) is 0 Å². The van der Waals surface area contributed by atoms with Crippen molar-refractivity contribution in [3.8, 4) is 0 Å². The van der Waals surface area contributed by atoms with Crippen molar-refractivity contribution >= 4 is 0 Å². The topological polar surface area (TPSA) is 40.5 Å². The van der Waals surface area contributed by atoms with E-state index in [4.69, 9.17) is 0 Å². The molecule has 64 valence electrons. The summed E-state index contributed by atoms with van der Waals surface area (Å²) in [4.78, 5) is 0. The number of hydrogen-bond donors (Lipinski definition) is 2. The zero-order valence-corrected chi connectivity index (χ0v) is 7.07. The summed E-state index contributed by atoms with van der Waals surface area (Å²) in [7, 11) is 0. The standard InChI is InChI=1S/C9H16O2/c1-4-5(2)7-3-6(4)8(10)9(7)11/h4-11H,3H2,1-2H3/t4-,5+,6+,7-,8+,9-. The average molecular weight is 156 g/mol. The fourth-order valence-corrected chi connectivity index (χ4v) is 2.93. The average Bonchev–Trinajstić information content (AvgIpc) is 2.40. The van der Waals surface area contributed by atoms with Gasteiger partial charge in [-0.05, 0) is 30.1 Å². The van der Waals surface area contributed by atoms with E-state index in [-0.39, 0.29) is 0 Å². The van der Waals surface area contributed by atoms with Crippen molar-refractivity contribution in [2.75, 3.05) is 0 Å². The van der Waals surface area contributed by atoms with Crippen LogP contribution in [0.3, 0.4) is 0 Å². The molecule has 2 heteroatoms. The number of aliphatic hydroxyl groups is 2. The molecule has 0 spiro atoms. The molecule has 2 aliphatic carbocycles. The lowest BCUT2D eigenvalue weighted by atomic mass is 9.79. The Kier molecular flexibility index (Phi) is 1.52. The highest BCUT2D eigenvalue weighted by molar-refractivity contribution is 5.03. The lowest BCUT2D eigenvalue weighted by molar-refractivity contribution is -0.0497. The van der Waals surface area contributed by atoms with E-state index in [0.29, 0.717) is 23.7 Å². The van der Waals surface area contributed by atoms with Crippen LogP contribution in [0.2, 0.25) is 0 Å². The molecule has 2 N–H and O–H groups in total. The molecule has 6 atom stereocenters. The van der Waals surface area contributed by atoms with Gasteiger partial charge in [-0.15, -0.1) is 0 Å². The first-order chi connectivity index (χ1) is 5.13. The second-order valence-electron chi connectivity index (χ2n) is 4.26. The summed E-state index contributed by atoms with van der Waals surface area (Å²) in [5, 5.41) is 19.1. The van der Waals surface area contributed by atoms with Crippen molar-refractivity contribution in [3.63, 3.8) is 0 Å². The molecule has 0 radical (unpaired) electrons. The third-order valence-electron chi connectivity index (χ3n) is 3.95.